The summed E-state index contributed by atoms with van der Waals surface area (Å²) < 4.78 is 16.1. The van der Waals surface area contributed by atoms with E-state index in [0.29, 0.717) is 17.8 Å². The van der Waals surface area contributed by atoms with Crippen molar-refractivity contribution in [3.05, 3.63) is 41.1 Å². The SMILES string of the molecule is CCOC(=O)CC1OB(O)c2cc(Oc3ccc(C#N)nn3)cc(C)c21. The first-order chi connectivity index (χ1) is 12.5. The van der Waals surface area contributed by atoms with Crippen LogP contribution in [0.4, 0.5) is 0 Å². The van der Waals surface area contributed by atoms with Gasteiger partial charge in [-0.25, -0.2) is 0 Å². The Bertz CT molecular complexity index is 866. The molecule has 0 bridgehead atoms. The summed E-state index contributed by atoms with van der Waals surface area (Å²) in [5.41, 5.74) is 2.29. The van der Waals surface area contributed by atoms with Gasteiger partial charge >= 0.3 is 13.1 Å². The molecule has 2 heterocycles. The number of fused-ring (bicyclic) bond motifs is 1. The van der Waals surface area contributed by atoms with Gasteiger partial charge in [0.05, 0.1) is 19.1 Å². The number of aromatic nitrogens is 2. The highest BCUT2D eigenvalue weighted by atomic mass is 16.5. The van der Waals surface area contributed by atoms with Crippen molar-refractivity contribution < 1.29 is 23.9 Å². The molecule has 0 saturated carbocycles. The second-order valence-electron chi connectivity index (χ2n) is 5.70. The average molecular weight is 353 g/mol. The first-order valence-corrected chi connectivity index (χ1v) is 8.07. The standard InChI is InChI=1S/C17H16BN3O5/c1-3-24-16(22)8-14-17-10(2)6-12(7-13(17)18(23)26-14)25-15-5-4-11(9-19)20-21-15/h4-7,14,23H,3,8H2,1-2H3. The predicted molar refractivity (Wildman–Crippen MR) is 90.7 cm³/mol. The van der Waals surface area contributed by atoms with Gasteiger partial charge in [0.15, 0.2) is 5.69 Å². The monoisotopic (exact) mass is 353 g/mol. The van der Waals surface area contributed by atoms with Crippen LogP contribution in [0.15, 0.2) is 24.3 Å². The molecule has 1 aromatic heterocycles. The molecule has 1 aromatic carbocycles. The van der Waals surface area contributed by atoms with Gasteiger partial charge in [-0.3, -0.25) is 4.79 Å². The van der Waals surface area contributed by atoms with E-state index in [1.54, 1.807) is 19.1 Å². The number of aryl methyl sites for hydroxylation is 1. The summed E-state index contributed by atoms with van der Waals surface area (Å²) in [6, 6.07) is 8.31. The van der Waals surface area contributed by atoms with Crippen LogP contribution in [-0.2, 0) is 14.2 Å². The van der Waals surface area contributed by atoms with Crippen LogP contribution in [0.2, 0.25) is 0 Å². The third kappa shape index (κ3) is 3.66. The lowest BCUT2D eigenvalue weighted by Crippen LogP contribution is -2.28. The number of carbonyl (C=O) groups excluding carboxylic acids is 1. The molecule has 0 fully saturated rings. The van der Waals surface area contributed by atoms with Gasteiger partial charge in [-0.15, -0.1) is 10.2 Å². The Labute approximate surface area is 150 Å². The maximum Gasteiger partial charge on any atom is 0.492 e. The number of hydrogen-bond acceptors (Lipinski definition) is 8. The number of carbonyl (C=O) groups is 1. The second kappa shape index (κ2) is 7.51. The van der Waals surface area contributed by atoms with Gasteiger partial charge in [-0.1, -0.05) is 0 Å². The number of ether oxygens (including phenoxy) is 2. The van der Waals surface area contributed by atoms with Crippen LogP contribution in [0.5, 0.6) is 11.6 Å². The Morgan fingerprint density at radius 1 is 1.42 bits per heavy atom. The highest BCUT2D eigenvalue weighted by Crippen LogP contribution is 2.33. The van der Waals surface area contributed by atoms with Gasteiger partial charge in [-0.2, -0.15) is 5.26 Å². The molecule has 26 heavy (non-hydrogen) atoms. The summed E-state index contributed by atoms with van der Waals surface area (Å²) in [5, 5.41) is 26.4. The zero-order chi connectivity index (χ0) is 18.7. The molecule has 0 radical (unpaired) electrons. The van der Waals surface area contributed by atoms with Crippen molar-refractivity contribution in [1.82, 2.24) is 10.2 Å². The fourth-order valence-corrected chi connectivity index (χ4v) is 2.87. The lowest BCUT2D eigenvalue weighted by atomic mass is 9.77. The van der Waals surface area contributed by atoms with Crippen molar-refractivity contribution in [2.24, 2.45) is 0 Å². The van der Waals surface area contributed by atoms with E-state index in [4.69, 9.17) is 19.4 Å². The molecule has 8 nitrogen and oxygen atoms in total. The third-order valence-electron chi connectivity index (χ3n) is 3.91. The minimum absolute atomic E-state index is 0.0278. The van der Waals surface area contributed by atoms with Crippen LogP contribution in [0.25, 0.3) is 0 Å². The van der Waals surface area contributed by atoms with Crippen LogP contribution in [0.3, 0.4) is 0 Å². The smallest absolute Gasteiger partial charge is 0.466 e. The molecule has 1 aliphatic heterocycles. The molecular weight excluding hydrogens is 337 g/mol. The Hall–Kier alpha value is -2.96. The van der Waals surface area contributed by atoms with Gasteiger partial charge in [0.25, 0.3) is 0 Å². The van der Waals surface area contributed by atoms with Crippen molar-refractivity contribution in [2.45, 2.75) is 26.4 Å². The van der Waals surface area contributed by atoms with Crippen molar-refractivity contribution in [3.63, 3.8) is 0 Å². The predicted octanol–water partition coefficient (Wildman–Crippen LogP) is 1.16. The molecule has 132 valence electrons. The Balaban J connectivity index is 1.83. The molecule has 0 aliphatic carbocycles. The number of nitrogens with zero attached hydrogens (tertiary/aromatic N) is 3. The molecule has 9 heteroatoms. The molecule has 3 rings (SSSR count). The Morgan fingerprint density at radius 3 is 2.88 bits per heavy atom. The summed E-state index contributed by atoms with van der Waals surface area (Å²) in [6.07, 6.45) is -0.539. The maximum atomic E-state index is 11.7. The topological polar surface area (TPSA) is 115 Å². The molecule has 0 saturated heterocycles. The maximum absolute atomic E-state index is 11.7. The van der Waals surface area contributed by atoms with Gasteiger partial charge in [0.1, 0.15) is 11.8 Å². The fourth-order valence-electron chi connectivity index (χ4n) is 2.87. The Morgan fingerprint density at radius 2 is 2.23 bits per heavy atom. The van der Waals surface area contributed by atoms with E-state index in [-0.39, 0.29) is 24.0 Å². The molecule has 0 amide bonds. The van der Waals surface area contributed by atoms with Gasteiger partial charge in [-0.05, 0) is 48.6 Å². The zero-order valence-corrected chi connectivity index (χ0v) is 14.3. The number of esters is 1. The van der Waals surface area contributed by atoms with Crippen LogP contribution >= 0.6 is 0 Å². The quantitative estimate of drug-likeness (QED) is 0.629. The van der Waals surface area contributed by atoms with Gasteiger partial charge < -0.3 is 19.2 Å². The van der Waals surface area contributed by atoms with E-state index >= 15 is 0 Å². The summed E-state index contributed by atoms with van der Waals surface area (Å²) in [4.78, 5) is 11.7. The van der Waals surface area contributed by atoms with E-state index in [1.807, 2.05) is 13.0 Å². The number of hydrogen-bond donors (Lipinski definition) is 1. The normalized spacial score (nSPS) is 15.3. The summed E-state index contributed by atoms with van der Waals surface area (Å²) in [7, 11) is -1.15. The Kier molecular flexibility index (Phi) is 5.16. The van der Waals surface area contributed by atoms with Crippen molar-refractivity contribution in [3.8, 4) is 17.7 Å². The number of rotatable bonds is 5. The van der Waals surface area contributed by atoms with Crippen LogP contribution in [0, 0.1) is 18.3 Å². The van der Waals surface area contributed by atoms with Crippen molar-refractivity contribution >= 4 is 18.6 Å². The van der Waals surface area contributed by atoms with E-state index in [1.165, 1.54) is 12.1 Å². The fraction of sp³-hybridized carbons (Fsp3) is 0.294. The van der Waals surface area contributed by atoms with Crippen LogP contribution in [0.1, 0.15) is 36.3 Å². The largest absolute Gasteiger partial charge is 0.492 e. The lowest BCUT2D eigenvalue weighted by Gasteiger charge is -2.14. The van der Waals surface area contributed by atoms with E-state index in [2.05, 4.69) is 10.2 Å². The summed E-state index contributed by atoms with van der Waals surface area (Å²) >= 11 is 0. The molecule has 0 spiro atoms. The van der Waals surface area contributed by atoms with Crippen molar-refractivity contribution in [2.75, 3.05) is 6.61 Å². The molecule has 1 N–H and O–H groups in total. The number of benzene rings is 1. The van der Waals surface area contributed by atoms with E-state index in [0.717, 1.165) is 11.1 Å². The van der Waals surface area contributed by atoms with Gasteiger partial charge in [0.2, 0.25) is 5.88 Å². The molecule has 1 aliphatic rings. The van der Waals surface area contributed by atoms with Crippen LogP contribution in [-0.4, -0.2) is 34.9 Å². The summed E-state index contributed by atoms with van der Waals surface area (Å²) in [6.45, 7) is 3.87. The summed E-state index contributed by atoms with van der Waals surface area (Å²) in [5.74, 6) is 0.282. The lowest BCUT2D eigenvalue weighted by molar-refractivity contribution is -0.145. The highest BCUT2D eigenvalue weighted by Gasteiger charge is 2.38. The first kappa shape index (κ1) is 17.9. The molecule has 2 aromatic rings. The highest BCUT2D eigenvalue weighted by molar-refractivity contribution is 6.62. The van der Waals surface area contributed by atoms with E-state index in [9.17, 15) is 9.82 Å². The first-order valence-electron chi connectivity index (χ1n) is 8.07. The van der Waals surface area contributed by atoms with Crippen molar-refractivity contribution in [1.29, 1.82) is 5.26 Å². The molecule has 1 atom stereocenters. The minimum atomic E-state index is -1.15. The van der Waals surface area contributed by atoms with E-state index < -0.39 is 13.2 Å². The van der Waals surface area contributed by atoms with Gasteiger partial charge in [0, 0.05) is 6.07 Å². The van der Waals surface area contributed by atoms with Crippen LogP contribution < -0.4 is 10.2 Å². The third-order valence-corrected chi connectivity index (χ3v) is 3.91. The molecule has 1 unspecified atom stereocenters. The zero-order valence-electron chi connectivity index (χ0n) is 14.3. The average Bonchev–Trinajstić information content (AvgIpc) is 2.92. The number of nitriles is 1. The second-order valence-corrected chi connectivity index (χ2v) is 5.70. The minimum Gasteiger partial charge on any atom is -0.466 e. The molecular formula is C17H16BN3O5.